The van der Waals surface area contributed by atoms with Gasteiger partial charge in [0.1, 0.15) is 5.70 Å². The molecule has 0 aliphatic carbocycles. The van der Waals surface area contributed by atoms with Gasteiger partial charge in [0.05, 0.1) is 17.4 Å². The highest BCUT2D eigenvalue weighted by atomic mass is 32.2. The van der Waals surface area contributed by atoms with Gasteiger partial charge in [0.25, 0.3) is 11.8 Å². The van der Waals surface area contributed by atoms with Crippen LogP contribution in [-0.4, -0.2) is 35.5 Å². The number of carbonyl (C=O) groups is 4. The first-order valence-electron chi connectivity index (χ1n) is 14.1. The van der Waals surface area contributed by atoms with Crippen LogP contribution in [0.25, 0.3) is 6.08 Å². The fourth-order valence-corrected chi connectivity index (χ4v) is 5.44. The highest BCUT2D eigenvalue weighted by Gasteiger charge is 2.18. The molecule has 0 fully saturated rings. The predicted molar refractivity (Wildman–Crippen MR) is 177 cm³/mol. The van der Waals surface area contributed by atoms with Crippen LogP contribution in [-0.2, 0) is 14.3 Å². The third kappa shape index (κ3) is 9.68. The molecular weight excluding hydrogens is 595 g/mol. The first-order chi connectivity index (χ1) is 21.3. The van der Waals surface area contributed by atoms with E-state index >= 15 is 0 Å². The number of rotatable bonds is 13. The molecule has 4 aromatic rings. The summed E-state index contributed by atoms with van der Waals surface area (Å²) in [6.45, 7) is 4.19. The van der Waals surface area contributed by atoms with Crippen molar-refractivity contribution in [3.05, 3.63) is 118 Å². The zero-order valence-corrected chi connectivity index (χ0v) is 26.0. The van der Waals surface area contributed by atoms with Crippen LogP contribution in [0.4, 0.5) is 11.4 Å². The molecule has 0 saturated carbocycles. The van der Waals surface area contributed by atoms with Gasteiger partial charge < -0.3 is 20.7 Å². The monoisotopic (exact) mass is 627 g/mol. The lowest BCUT2D eigenvalue weighted by atomic mass is 10.2. The highest BCUT2D eigenvalue weighted by Crippen LogP contribution is 2.27. The van der Waals surface area contributed by atoms with Gasteiger partial charge in [-0.3, -0.25) is 14.4 Å². The van der Waals surface area contributed by atoms with Crippen molar-refractivity contribution in [2.75, 3.05) is 17.2 Å². The lowest BCUT2D eigenvalue weighted by Gasteiger charge is -2.14. The maximum atomic E-state index is 13.3. The second kappa shape index (κ2) is 16.3. The summed E-state index contributed by atoms with van der Waals surface area (Å²) in [7, 11) is 0. The van der Waals surface area contributed by atoms with Crippen LogP contribution in [0.2, 0.25) is 0 Å². The van der Waals surface area contributed by atoms with Gasteiger partial charge in [-0.05, 0) is 96.4 Å². The van der Waals surface area contributed by atoms with Crippen LogP contribution >= 0.6 is 23.1 Å². The molecule has 1 atom stereocenters. The van der Waals surface area contributed by atoms with E-state index in [0.29, 0.717) is 29.1 Å². The van der Waals surface area contributed by atoms with Gasteiger partial charge in [-0.2, -0.15) is 11.3 Å². The summed E-state index contributed by atoms with van der Waals surface area (Å²) in [6, 6.07) is 24.2. The van der Waals surface area contributed by atoms with E-state index in [1.807, 2.05) is 35.9 Å². The summed E-state index contributed by atoms with van der Waals surface area (Å²) in [4.78, 5) is 51.9. The van der Waals surface area contributed by atoms with E-state index in [9.17, 15) is 19.2 Å². The molecule has 0 aliphatic rings. The SMILES string of the molecule is CCCCOC(=O)c1ccc(NC(=O)C(C)Sc2cccc(NC(=O)/C(=C/c3ccsc3)NC(=O)c3ccccc3)c2)cc1. The van der Waals surface area contributed by atoms with Crippen molar-refractivity contribution >= 4 is 64.2 Å². The Bertz CT molecular complexity index is 1600. The van der Waals surface area contributed by atoms with Crippen molar-refractivity contribution in [2.24, 2.45) is 0 Å². The smallest absolute Gasteiger partial charge is 0.338 e. The molecule has 0 aliphatic heterocycles. The summed E-state index contributed by atoms with van der Waals surface area (Å²) >= 11 is 2.82. The number of amides is 3. The molecule has 0 saturated heterocycles. The second-order valence-corrected chi connectivity index (χ2v) is 11.9. The molecule has 0 radical (unpaired) electrons. The number of ether oxygens (including phenoxy) is 1. The molecule has 0 bridgehead atoms. The average Bonchev–Trinajstić information content (AvgIpc) is 3.55. The molecule has 226 valence electrons. The minimum absolute atomic E-state index is 0.100. The predicted octanol–water partition coefficient (Wildman–Crippen LogP) is 7.23. The molecule has 8 nitrogen and oxygen atoms in total. The fraction of sp³-hybridized carbons (Fsp3) is 0.176. The second-order valence-electron chi connectivity index (χ2n) is 9.73. The van der Waals surface area contributed by atoms with E-state index in [-0.39, 0.29) is 17.6 Å². The van der Waals surface area contributed by atoms with Crippen LogP contribution in [0.5, 0.6) is 0 Å². The summed E-state index contributed by atoms with van der Waals surface area (Å²) in [5.41, 5.74) is 2.83. The third-order valence-corrected chi connectivity index (χ3v) is 8.07. The Morgan fingerprint density at radius 2 is 1.66 bits per heavy atom. The number of thioether (sulfide) groups is 1. The van der Waals surface area contributed by atoms with Crippen molar-refractivity contribution in [3.8, 4) is 0 Å². The van der Waals surface area contributed by atoms with Gasteiger partial charge in [-0.15, -0.1) is 11.8 Å². The number of hydrogen-bond donors (Lipinski definition) is 3. The first-order valence-corrected chi connectivity index (χ1v) is 15.9. The number of esters is 1. The normalized spacial score (nSPS) is 11.7. The van der Waals surface area contributed by atoms with Crippen molar-refractivity contribution in [3.63, 3.8) is 0 Å². The molecule has 4 rings (SSSR count). The van der Waals surface area contributed by atoms with E-state index in [0.717, 1.165) is 23.3 Å². The van der Waals surface area contributed by atoms with Gasteiger partial charge in [0.15, 0.2) is 0 Å². The van der Waals surface area contributed by atoms with E-state index < -0.39 is 17.1 Å². The van der Waals surface area contributed by atoms with Crippen LogP contribution in [0.1, 0.15) is 53.0 Å². The quantitative estimate of drug-likeness (QED) is 0.0624. The number of unbranched alkanes of at least 4 members (excludes halogenated alkanes) is 1. The minimum Gasteiger partial charge on any atom is -0.462 e. The Hall–Kier alpha value is -4.67. The zero-order valence-electron chi connectivity index (χ0n) is 24.4. The number of nitrogens with one attached hydrogen (secondary N) is 3. The van der Waals surface area contributed by atoms with Crippen LogP contribution in [0.15, 0.2) is 106 Å². The van der Waals surface area contributed by atoms with Crippen molar-refractivity contribution in [1.29, 1.82) is 0 Å². The van der Waals surface area contributed by atoms with Gasteiger partial charge >= 0.3 is 5.97 Å². The van der Waals surface area contributed by atoms with E-state index in [4.69, 9.17) is 4.74 Å². The number of thiophene rings is 1. The third-order valence-electron chi connectivity index (χ3n) is 6.28. The lowest BCUT2D eigenvalue weighted by Crippen LogP contribution is -2.30. The maximum absolute atomic E-state index is 13.3. The Balaban J connectivity index is 1.37. The Morgan fingerprint density at radius 3 is 2.36 bits per heavy atom. The van der Waals surface area contributed by atoms with E-state index in [2.05, 4.69) is 16.0 Å². The molecule has 10 heteroatoms. The topological polar surface area (TPSA) is 114 Å². The van der Waals surface area contributed by atoms with Crippen LogP contribution in [0.3, 0.4) is 0 Å². The van der Waals surface area contributed by atoms with Crippen molar-refractivity contribution in [2.45, 2.75) is 36.8 Å². The first kappa shape index (κ1) is 32.2. The fourth-order valence-electron chi connectivity index (χ4n) is 3.90. The zero-order chi connectivity index (χ0) is 31.3. The van der Waals surface area contributed by atoms with Crippen molar-refractivity contribution < 1.29 is 23.9 Å². The average molecular weight is 628 g/mol. The van der Waals surface area contributed by atoms with Gasteiger partial charge in [0.2, 0.25) is 5.91 Å². The Morgan fingerprint density at radius 1 is 0.886 bits per heavy atom. The van der Waals surface area contributed by atoms with Crippen LogP contribution < -0.4 is 16.0 Å². The molecule has 3 N–H and O–H groups in total. The van der Waals surface area contributed by atoms with Gasteiger partial charge in [-0.25, -0.2) is 4.79 Å². The summed E-state index contributed by atoms with van der Waals surface area (Å²) in [6.07, 6.45) is 3.38. The van der Waals surface area contributed by atoms with Crippen LogP contribution in [0, 0.1) is 0 Å². The number of hydrogen-bond acceptors (Lipinski definition) is 7. The van der Waals surface area contributed by atoms with E-state index in [1.165, 1.54) is 23.1 Å². The van der Waals surface area contributed by atoms with Gasteiger partial charge in [0, 0.05) is 21.8 Å². The molecular formula is C34H33N3O5S2. The maximum Gasteiger partial charge on any atom is 0.338 e. The largest absolute Gasteiger partial charge is 0.462 e. The lowest BCUT2D eigenvalue weighted by molar-refractivity contribution is -0.115. The molecule has 3 aromatic carbocycles. The number of carbonyl (C=O) groups excluding carboxylic acids is 4. The summed E-state index contributed by atoms with van der Waals surface area (Å²) < 4.78 is 5.22. The highest BCUT2D eigenvalue weighted by molar-refractivity contribution is 8.00. The molecule has 1 heterocycles. The number of anilines is 2. The van der Waals surface area contributed by atoms with E-state index in [1.54, 1.807) is 79.7 Å². The minimum atomic E-state index is -0.480. The Labute approximate surface area is 264 Å². The summed E-state index contributed by atoms with van der Waals surface area (Å²) in [5, 5.41) is 11.8. The molecule has 44 heavy (non-hydrogen) atoms. The van der Waals surface area contributed by atoms with Crippen molar-refractivity contribution in [1.82, 2.24) is 5.32 Å². The molecule has 1 aromatic heterocycles. The Kier molecular flexibility index (Phi) is 11.9. The molecule has 1 unspecified atom stereocenters. The summed E-state index contributed by atoms with van der Waals surface area (Å²) in [5.74, 6) is -1.48. The molecule has 0 spiro atoms. The number of benzene rings is 3. The standard InChI is InChI=1S/C34H33N3O5S2/c1-3-4-18-42-34(41)26-13-15-27(16-14-26)35-31(38)23(2)44-29-12-8-11-28(21-29)36-33(40)30(20-24-17-19-43-22-24)37-32(39)25-9-6-5-7-10-25/h5-17,19-23H,3-4,18H2,1-2H3,(H,35,38)(H,36,40)(H,37,39)/b30-20-. The van der Waals surface area contributed by atoms with Gasteiger partial charge in [-0.1, -0.05) is 37.6 Å². The molecule has 3 amide bonds.